The molecule has 0 radical (unpaired) electrons. The van der Waals surface area contributed by atoms with Crippen LogP contribution in [0.5, 0.6) is 5.75 Å². The van der Waals surface area contributed by atoms with Gasteiger partial charge in [0.2, 0.25) is 5.91 Å². The Balaban J connectivity index is 1.32. The number of anilines is 1. The number of amides is 1. The molecule has 7 heteroatoms. The van der Waals surface area contributed by atoms with E-state index < -0.39 is 11.6 Å². The van der Waals surface area contributed by atoms with Crippen LogP contribution in [-0.4, -0.2) is 60.5 Å². The lowest BCUT2D eigenvalue weighted by molar-refractivity contribution is -0.125. The van der Waals surface area contributed by atoms with Gasteiger partial charge >= 0.3 is 0 Å². The number of halogens is 1. The largest absolute Gasteiger partial charge is 0.489 e. The average Bonchev–Trinajstić information content (AvgIpc) is 3.07. The van der Waals surface area contributed by atoms with Crippen LogP contribution in [0.3, 0.4) is 0 Å². The maximum absolute atomic E-state index is 12.7. The van der Waals surface area contributed by atoms with E-state index in [0.717, 1.165) is 37.2 Å². The van der Waals surface area contributed by atoms with Crippen LogP contribution in [0.15, 0.2) is 48.5 Å². The number of aryl methyl sites for hydroxylation is 1. The first-order valence-electron chi connectivity index (χ1n) is 10.4. The van der Waals surface area contributed by atoms with Crippen LogP contribution in [-0.2, 0) is 4.79 Å². The molecule has 0 aromatic heterocycles. The first kappa shape index (κ1) is 21.0. The van der Waals surface area contributed by atoms with E-state index in [2.05, 4.69) is 15.1 Å². The summed E-state index contributed by atoms with van der Waals surface area (Å²) >= 11 is 6.16. The number of aliphatic hydroxyl groups excluding tert-OH is 1. The summed E-state index contributed by atoms with van der Waals surface area (Å²) in [4.78, 5) is 17.1. The summed E-state index contributed by atoms with van der Waals surface area (Å²) in [5.74, 6) is 0.693. The second-order valence-electron chi connectivity index (χ2n) is 8.16. The Morgan fingerprint density at radius 3 is 2.67 bits per heavy atom. The number of piperidine rings is 1. The van der Waals surface area contributed by atoms with Crippen molar-refractivity contribution in [2.24, 2.45) is 0 Å². The molecule has 2 aliphatic heterocycles. The first-order chi connectivity index (χ1) is 14.5. The van der Waals surface area contributed by atoms with E-state index >= 15 is 0 Å². The van der Waals surface area contributed by atoms with Crippen molar-refractivity contribution in [1.29, 1.82) is 0 Å². The molecule has 2 fully saturated rings. The fraction of sp³-hybridized carbons (Fsp3) is 0.435. The van der Waals surface area contributed by atoms with E-state index in [-0.39, 0.29) is 12.5 Å². The fourth-order valence-electron chi connectivity index (χ4n) is 4.40. The van der Waals surface area contributed by atoms with Crippen molar-refractivity contribution >= 4 is 23.2 Å². The molecule has 1 amide bonds. The molecule has 2 aromatic rings. The van der Waals surface area contributed by atoms with E-state index in [1.54, 1.807) is 6.07 Å². The minimum Gasteiger partial charge on any atom is -0.489 e. The van der Waals surface area contributed by atoms with E-state index in [0.29, 0.717) is 24.0 Å². The van der Waals surface area contributed by atoms with Gasteiger partial charge in [-0.2, -0.15) is 0 Å². The number of para-hydroxylation sites is 1. The van der Waals surface area contributed by atoms with Crippen LogP contribution in [0.4, 0.5) is 5.69 Å². The number of aliphatic hydroxyl groups is 1. The zero-order valence-electron chi connectivity index (χ0n) is 17.2. The third-order valence-electron chi connectivity index (χ3n) is 6.08. The number of carbonyl (C=O) groups excluding carboxylic acids is 1. The number of hydrogen-bond donors (Lipinski definition) is 2. The molecule has 2 N–H and O–H groups in total. The van der Waals surface area contributed by atoms with Gasteiger partial charge in [-0.05, 0) is 49.6 Å². The van der Waals surface area contributed by atoms with Crippen LogP contribution in [0.25, 0.3) is 0 Å². The standard InChI is InChI=1S/C23H28ClN3O3/c1-17-7-8-20(24)21(13-17)30-15-19(28)14-26-11-9-23(10-12-26)22(29)25-16-27(23)18-5-3-2-4-6-18/h2-8,13,19,28H,9-12,14-16H2,1H3,(H,25,29). The number of hydrogen-bond acceptors (Lipinski definition) is 5. The number of β-amino-alcohol motifs (C(OH)–C–C–N with tert-alkyl or cyclic N) is 1. The molecule has 4 rings (SSSR count). The fourth-order valence-corrected chi connectivity index (χ4v) is 4.57. The Kier molecular flexibility index (Phi) is 6.18. The Labute approximate surface area is 182 Å². The topological polar surface area (TPSA) is 65.0 Å². The van der Waals surface area contributed by atoms with E-state index in [4.69, 9.17) is 16.3 Å². The highest BCUT2D eigenvalue weighted by atomic mass is 35.5. The molecule has 2 aromatic carbocycles. The molecular weight excluding hydrogens is 402 g/mol. The summed E-state index contributed by atoms with van der Waals surface area (Å²) in [6.07, 6.45) is 0.828. The molecule has 0 aliphatic carbocycles. The third-order valence-corrected chi connectivity index (χ3v) is 6.39. The second kappa shape index (κ2) is 8.84. The van der Waals surface area contributed by atoms with Crippen molar-refractivity contribution in [3.8, 4) is 5.75 Å². The number of carbonyl (C=O) groups is 1. The predicted octanol–water partition coefficient (Wildman–Crippen LogP) is 2.82. The van der Waals surface area contributed by atoms with Gasteiger partial charge in [0.25, 0.3) is 0 Å². The van der Waals surface area contributed by atoms with Gasteiger partial charge < -0.3 is 25.0 Å². The van der Waals surface area contributed by atoms with Gasteiger partial charge in [-0.1, -0.05) is 35.9 Å². The highest BCUT2D eigenvalue weighted by molar-refractivity contribution is 6.32. The van der Waals surface area contributed by atoms with Gasteiger partial charge in [0.15, 0.2) is 0 Å². The van der Waals surface area contributed by atoms with Gasteiger partial charge in [0.05, 0.1) is 11.7 Å². The van der Waals surface area contributed by atoms with Crippen LogP contribution in [0.2, 0.25) is 5.02 Å². The van der Waals surface area contributed by atoms with Crippen molar-refractivity contribution in [3.05, 3.63) is 59.1 Å². The summed E-state index contributed by atoms with van der Waals surface area (Å²) in [7, 11) is 0. The number of ether oxygens (including phenoxy) is 1. The van der Waals surface area contributed by atoms with Crippen LogP contribution < -0.4 is 15.0 Å². The van der Waals surface area contributed by atoms with Crippen LogP contribution in [0.1, 0.15) is 18.4 Å². The molecule has 1 spiro atoms. The molecule has 6 nitrogen and oxygen atoms in total. The SMILES string of the molecule is Cc1ccc(Cl)c(OCC(O)CN2CCC3(CC2)C(=O)NCN3c2ccccc2)c1. The Morgan fingerprint density at radius 2 is 1.93 bits per heavy atom. The van der Waals surface area contributed by atoms with E-state index in [1.165, 1.54) is 0 Å². The van der Waals surface area contributed by atoms with Gasteiger partial charge in [-0.25, -0.2) is 0 Å². The highest BCUT2D eigenvalue weighted by Crippen LogP contribution is 2.36. The maximum Gasteiger partial charge on any atom is 0.247 e. The number of nitrogens with one attached hydrogen (secondary N) is 1. The zero-order chi connectivity index (χ0) is 21.1. The monoisotopic (exact) mass is 429 g/mol. The minimum absolute atomic E-state index is 0.101. The second-order valence-corrected chi connectivity index (χ2v) is 8.57. The smallest absolute Gasteiger partial charge is 0.247 e. The molecule has 2 aliphatic rings. The molecule has 2 heterocycles. The first-order valence-corrected chi connectivity index (χ1v) is 10.8. The number of likely N-dealkylation sites (tertiary alicyclic amines) is 1. The predicted molar refractivity (Wildman–Crippen MR) is 118 cm³/mol. The van der Waals surface area contributed by atoms with E-state index in [1.807, 2.05) is 49.4 Å². The van der Waals surface area contributed by atoms with Crippen molar-refractivity contribution in [2.45, 2.75) is 31.4 Å². The summed E-state index contributed by atoms with van der Waals surface area (Å²) in [5.41, 5.74) is 1.62. The lowest BCUT2D eigenvalue weighted by atomic mass is 9.85. The van der Waals surface area contributed by atoms with E-state index in [9.17, 15) is 9.90 Å². The molecule has 30 heavy (non-hydrogen) atoms. The van der Waals surface area contributed by atoms with Gasteiger partial charge in [0.1, 0.15) is 24.0 Å². The third kappa shape index (κ3) is 4.26. The Bertz CT molecular complexity index is 885. The molecular formula is C23H28ClN3O3. The number of rotatable bonds is 6. The molecule has 1 atom stereocenters. The van der Waals surface area contributed by atoms with Gasteiger partial charge in [-0.3, -0.25) is 4.79 Å². The molecule has 1 unspecified atom stereocenters. The normalized spacial score (nSPS) is 19.7. The highest BCUT2D eigenvalue weighted by Gasteiger charge is 2.50. The summed E-state index contributed by atoms with van der Waals surface area (Å²) in [5, 5.41) is 14.0. The molecule has 0 bridgehead atoms. The van der Waals surface area contributed by atoms with Gasteiger partial charge in [0, 0.05) is 25.3 Å². The summed E-state index contributed by atoms with van der Waals surface area (Å²) in [6.45, 7) is 4.70. The Morgan fingerprint density at radius 1 is 1.20 bits per heavy atom. The van der Waals surface area contributed by atoms with Crippen LogP contribution in [0, 0.1) is 6.92 Å². The quantitative estimate of drug-likeness (QED) is 0.739. The molecule has 2 saturated heterocycles. The number of benzene rings is 2. The van der Waals surface area contributed by atoms with Crippen molar-refractivity contribution in [2.75, 3.05) is 37.8 Å². The lowest BCUT2D eigenvalue weighted by Crippen LogP contribution is -2.57. The molecule has 0 saturated carbocycles. The summed E-state index contributed by atoms with van der Waals surface area (Å²) in [6, 6.07) is 15.7. The van der Waals surface area contributed by atoms with Crippen molar-refractivity contribution < 1.29 is 14.6 Å². The average molecular weight is 430 g/mol. The summed E-state index contributed by atoms with van der Waals surface area (Å²) < 4.78 is 5.73. The maximum atomic E-state index is 12.7. The van der Waals surface area contributed by atoms with Crippen molar-refractivity contribution in [1.82, 2.24) is 10.2 Å². The van der Waals surface area contributed by atoms with Crippen molar-refractivity contribution in [3.63, 3.8) is 0 Å². The zero-order valence-corrected chi connectivity index (χ0v) is 17.9. The molecule has 160 valence electrons. The number of nitrogens with zero attached hydrogens (tertiary/aromatic N) is 2. The Hall–Kier alpha value is -2.28. The van der Waals surface area contributed by atoms with Gasteiger partial charge in [-0.15, -0.1) is 0 Å². The van der Waals surface area contributed by atoms with Crippen LogP contribution >= 0.6 is 11.6 Å². The lowest BCUT2D eigenvalue weighted by Gasteiger charge is -2.43. The minimum atomic E-state index is -0.627.